The summed E-state index contributed by atoms with van der Waals surface area (Å²) in [5.74, 6) is -0.530. The first kappa shape index (κ1) is 24.2. The second-order valence-electron chi connectivity index (χ2n) is 8.14. The molecule has 0 aliphatic carbocycles. The lowest BCUT2D eigenvalue weighted by Crippen LogP contribution is -2.40. The summed E-state index contributed by atoms with van der Waals surface area (Å²) in [6, 6.07) is 19.8. The third-order valence-corrected chi connectivity index (χ3v) is 7.33. The van der Waals surface area contributed by atoms with Gasteiger partial charge in [-0.3, -0.25) is 9.10 Å². The Kier molecular flexibility index (Phi) is 7.33. The summed E-state index contributed by atoms with van der Waals surface area (Å²) < 4.78 is 28.2. The lowest BCUT2D eigenvalue weighted by atomic mass is 10.1. The minimum atomic E-state index is -3.98. The Hall–Kier alpha value is -3.45. The normalized spacial score (nSPS) is 11.8. The summed E-state index contributed by atoms with van der Waals surface area (Å²) in [4.78, 5) is 12.9. The topological polar surface area (TPSA) is 78.8 Å². The number of carbonyl (C=O) groups excluding carboxylic acids is 1. The van der Waals surface area contributed by atoms with Crippen molar-refractivity contribution in [2.24, 2.45) is 5.10 Å². The van der Waals surface area contributed by atoms with Crippen LogP contribution in [-0.4, -0.2) is 26.6 Å². The Balaban J connectivity index is 1.92. The van der Waals surface area contributed by atoms with Crippen molar-refractivity contribution in [2.75, 3.05) is 10.8 Å². The van der Waals surface area contributed by atoms with Gasteiger partial charge in [-0.1, -0.05) is 59.7 Å². The molecule has 0 unspecified atom stereocenters. The molecular formula is C26H29N3O3S. The number of hydrogen-bond acceptors (Lipinski definition) is 4. The zero-order chi connectivity index (χ0) is 24.2. The molecule has 33 heavy (non-hydrogen) atoms. The molecule has 3 rings (SSSR count). The lowest BCUT2D eigenvalue weighted by Gasteiger charge is -2.26. The van der Waals surface area contributed by atoms with Crippen LogP contribution in [0.1, 0.15) is 34.7 Å². The van der Waals surface area contributed by atoms with Crippen molar-refractivity contribution in [2.45, 2.75) is 39.5 Å². The number of carbonyl (C=O) groups is 1. The van der Waals surface area contributed by atoms with E-state index in [1.807, 2.05) is 58.0 Å². The highest BCUT2D eigenvalue weighted by Crippen LogP contribution is 2.28. The van der Waals surface area contributed by atoms with Crippen LogP contribution >= 0.6 is 0 Å². The first-order valence-electron chi connectivity index (χ1n) is 10.7. The third kappa shape index (κ3) is 5.68. The fourth-order valence-corrected chi connectivity index (χ4v) is 4.79. The minimum Gasteiger partial charge on any atom is -0.271 e. The van der Waals surface area contributed by atoms with Gasteiger partial charge in [0.25, 0.3) is 15.9 Å². The van der Waals surface area contributed by atoms with E-state index in [-0.39, 0.29) is 4.90 Å². The van der Waals surface area contributed by atoms with Crippen LogP contribution in [-0.2, 0) is 14.8 Å². The zero-order valence-corrected chi connectivity index (χ0v) is 20.4. The maximum Gasteiger partial charge on any atom is 0.264 e. The molecule has 0 fully saturated rings. The van der Waals surface area contributed by atoms with E-state index in [1.54, 1.807) is 43.3 Å². The van der Waals surface area contributed by atoms with Crippen LogP contribution in [0.25, 0.3) is 0 Å². The van der Waals surface area contributed by atoms with Gasteiger partial charge in [0.15, 0.2) is 0 Å². The first-order valence-corrected chi connectivity index (χ1v) is 12.1. The fraction of sp³-hybridized carbons (Fsp3) is 0.231. The van der Waals surface area contributed by atoms with Crippen LogP contribution in [0.5, 0.6) is 0 Å². The molecule has 0 atom stereocenters. The number of amides is 1. The van der Waals surface area contributed by atoms with E-state index >= 15 is 0 Å². The summed E-state index contributed by atoms with van der Waals surface area (Å²) >= 11 is 0. The maximum atomic E-state index is 13.5. The van der Waals surface area contributed by atoms with Crippen molar-refractivity contribution in [1.82, 2.24) is 5.43 Å². The molecule has 0 aromatic heterocycles. The van der Waals surface area contributed by atoms with Gasteiger partial charge in [0.2, 0.25) is 0 Å². The second kappa shape index (κ2) is 10.0. The largest absolute Gasteiger partial charge is 0.271 e. The number of rotatable bonds is 7. The molecule has 0 saturated carbocycles. The van der Waals surface area contributed by atoms with Gasteiger partial charge < -0.3 is 0 Å². The van der Waals surface area contributed by atoms with Gasteiger partial charge >= 0.3 is 0 Å². The molecule has 3 aromatic carbocycles. The van der Waals surface area contributed by atoms with Crippen molar-refractivity contribution in [3.8, 4) is 0 Å². The van der Waals surface area contributed by atoms with Crippen LogP contribution in [0.2, 0.25) is 0 Å². The molecule has 0 spiro atoms. The Labute approximate surface area is 196 Å². The molecule has 0 aliphatic heterocycles. The van der Waals surface area contributed by atoms with Crippen molar-refractivity contribution in [3.05, 3.63) is 94.5 Å². The molecule has 172 valence electrons. The van der Waals surface area contributed by atoms with Crippen molar-refractivity contribution < 1.29 is 13.2 Å². The van der Waals surface area contributed by atoms with Crippen LogP contribution < -0.4 is 9.73 Å². The van der Waals surface area contributed by atoms with Gasteiger partial charge in [-0.05, 0) is 69.5 Å². The van der Waals surface area contributed by atoms with Crippen molar-refractivity contribution >= 4 is 27.3 Å². The van der Waals surface area contributed by atoms with E-state index in [4.69, 9.17) is 0 Å². The molecule has 1 amide bonds. The molecule has 0 radical (unpaired) electrons. The summed E-state index contributed by atoms with van der Waals surface area (Å²) in [5, 5.41) is 4.17. The zero-order valence-electron chi connectivity index (χ0n) is 19.6. The van der Waals surface area contributed by atoms with E-state index in [0.29, 0.717) is 11.4 Å². The Morgan fingerprint density at radius 3 is 2.06 bits per heavy atom. The number of aryl methyl sites for hydroxylation is 3. The highest BCUT2D eigenvalue weighted by Gasteiger charge is 2.28. The average Bonchev–Trinajstić information content (AvgIpc) is 2.78. The SMILES string of the molecule is C/C(=N/NC(=O)CN(c1cccc(C)c1C)S(=O)(=O)c1ccc(C)cc1)c1ccc(C)cc1. The third-order valence-electron chi connectivity index (χ3n) is 5.56. The van der Waals surface area contributed by atoms with Gasteiger partial charge in [-0.2, -0.15) is 5.10 Å². The quantitative estimate of drug-likeness (QED) is 0.409. The molecule has 7 heteroatoms. The number of hydrazone groups is 1. The molecule has 3 aromatic rings. The van der Waals surface area contributed by atoms with E-state index in [1.165, 1.54) is 0 Å². The maximum absolute atomic E-state index is 13.5. The Morgan fingerprint density at radius 2 is 1.45 bits per heavy atom. The smallest absolute Gasteiger partial charge is 0.264 e. The Bertz CT molecular complexity index is 1280. The predicted molar refractivity (Wildman–Crippen MR) is 133 cm³/mol. The van der Waals surface area contributed by atoms with Crippen LogP contribution in [0.4, 0.5) is 5.69 Å². The second-order valence-corrected chi connectivity index (χ2v) is 10.0. The molecular weight excluding hydrogens is 434 g/mol. The highest BCUT2D eigenvalue weighted by molar-refractivity contribution is 7.92. The monoisotopic (exact) mass is 463 g/mol. The van der Waals surface area contributed by atoms with Gasteiger partial charge in [0, 0.05) is 0 Å². The van der Waals surface area contributed by atoms with Gasteiger partial charge in [-0.25, -0.2) is 13.8 Å². The summed E-state index contributed by atoms with van der Waals surface area (Å²) in [6.07, 6.45) is 0. The van der Waals surface area contributed by atoms with Crippen LogP contribution in [0, 0.1) is 27.7 Å². The molecule has 1 N–H and O–H groups in total. The lowest BCUT2D eigenvalue weighted by molar-refractivity contribution is -0.119. The number of nitrogens with one attached hydrogen (secondary N) is 1. The van der Waals surface area contributed by atoms with Gasteiger partial charge in [-0.15, -0.1) is 0 Å². The number of anilines is 1. The highest BCUT2D eigenvalue weighted by atomic mass is 32.2. The number of sulfonamides is 1. The molecule has 0 bridgehead atoms. The van der Waals surface area contributed by atoms with E-state index < -0.39 is 22.5 Å². The fourth-order valence-electron chi connectivity index (χ4n) is 3.31. The summed E-state index contributed by atoms with van der Waals surface area (Å²) in [7, 11) is -3.98. The van der Waals surface area contributed by atoms with Crippen LogP contribution in [0.3, 0.4) is 0 Å². The van der Waals surface area contributed by atoms with Gasteiger partial charge in [0.1, 0.15) is 6.54 Å². The van der Waals surface area contributed by atoms with E-state index in [9.17, 15) is 13.2 Å². The summed E-state index contributed by atoms with van der Waals surface area (Å²) in [5.41, 5.74) is 8.27. The van der Waals surface area contributed by atoms with Gasteiger partial charge in [0.05, 0.1) is 16.3 Å². The average molecular weight is 464 g/mol. The summed E-state index contributed by atoms with van der Waals surface area (Å²) in [6.45, 7) is 9.03. The molecule has 0 saturated heterocycles. The minimum absolute atomic E-state index is 0.126. The number of benzene rings is 3. The standard InChI is InChI=1S/C26H29N3O3S/c1-18-9-13-23(14-10-18)22(5)27-28-26(30)17-29(25-8-6-7-20(3)21(25)4)33(31,32)24-15-11-19(2)12-16-24/h6-16H,17H2,1-5H3,(H,28,30)/b27-22-. The predicted octanol–water partition coefficient (Wildman–Crippen LogP) is 4.66. The molecule has 6 nitrogen and oxygen atoms in total. The van der Waals surface area contributed by atoms with Crippen LogP contribution in [0.15, 0.2) is 76.7 Å². The van der Waals surface area contributed by atoms with E-state index in [0.717, 1.165) is 32.1 Å². The molecule has 0 aliphatic rings. The van der Waals surface area contributed by atoms with Crippen molar-refractivity contribution in [3.63, 3.8) is 0 Å². The number of nitrogens with zero attached hydrogens (tertiary/aromatic N) is 2. The number of hydrogen-bond donors (Lipinski definition) is 1. The van der Waals surface area contributed by atoms with E-state index in [2.05, 4.69) is 10.5 Å². The molecule has 0 heterocycles. The Morgan fingerprint density at radius 1 is 0.879 bits per heavy atom. The van der Waals surface area contributed by atoms with Crippen molar-refractivity contribution in [1.29, 1.82) is 0 Å². The first-order chi connectivity index (χ1) is 15.6.